The van der Waals surface area contributed by atoms with E-state index >= 15 is 0 Å². The summed E-state index contributed by atoms with van der Waals surface area (Å²) >= 11 is 0. The molecule has 3 heterocycles. The molecule has 0 spiro atoms. The number of nitrogens with zero attached hydrogens (tertiary/aromatic N) is 5. The Kier molecular flexibility index (Phi) is 7.84. The van der Waals surface area contributed by atoms with Gasteiger partial charge in [-0.15, -0.1) is 0 Å². The number of imidazole rings is 1. The summed E-state index contributed by atoms with van der Waals surface area (Å²) in [5.41, 5.74) is 0.388. The van der Waals surface area contributed by atoms with Crippen LogP contribution in [0.2, 0.25) is 0 Å². The fourth-order valence-corrected chi connectivity index (χ4v) is 3.81. The highest BCUT2D eigenvalue weighted by Gasteiger charge is 2.33. The topological polar surface area (TPSA) is 77.3 Å². The molecular formula is C23H29F3N6O2. The van der Waals surface area contributed by atoms with Crippen LogP contribution in [0.25, 0.3) is 11.2 Å². The number of nitrogens with one attached hydrogen (secondary N) is 1. The van der Waals surface area contributed by atoms with Crippen molar-refractivity contribution in [1.82, 2.24) is 24.4 Å². The number of unbranched alkanes of at least 4 members (excludes halogenated alkanes) is 1. The first-order valence-electron chi connectivity index (χ1n) is 11.5. The van der Waals surface area contributed by atoms with Gasteiger partial charge in [0, 0.05) is 26.2 Å². The fraction of sp³-hybridized carbons (Fsp3) is 0.522. The van der Waals surface area contributed by atoms with Crippen molar-refractivity contribution in [3.63, 3.8) is 0 Å². The Hall–Kier alpha value is -2.92. The maximum absolute atomic E-state index is 13.5. The number of hydrogen-bond acceptors (Lipinski definition) is 7. The number of fused-ring (bicyclic) bond motifs is 1. The van der Waals surface area contributed by atoms with E-state index in [9.17, 15) is 13.2 Å². The highest BCUT2D eigenvalue weighted by atomic mass is 19.4. The zero-order chi connectivity index (χ0) is 24.0. The van der Waals surface area contributed by atoms with E-state index in [1.807, 2.05) is 0 Å². The number of rotatable bonds is 10. The summed E-state index contributed by atoms with van der Waals surface area (Å²) in [7, 11) is 0. The minimum absolute atomic E-state index is 0.0230. The molecule has 1 aromatic carbocycles. The fourth-order valence-electron chi connectivity index (χ4n) is 3.81. The van der Waals surface area contributed by atoms with Gasteiger partial charge in [-0.05, 0) is 18.1 Å². The lowest BCUT2D eigenvalue weighted by Gasteiger charge is -2.26. The van der Waals surface area contributed by atoms with Gasteiger partial charge >= 0.3 is 12.2 Å². The summed E-state index contributed by atoms with van der Waals surface area (Å²) < 4.78 is 53.2. The highest BCUT2D eigenvalue weighted by Crippen LogP contribution is 2.33. The molecule has 3 aromatic rings. The van der Waals surface area contributed by atoms with Gasteiger partial charge in [-0.25, -0.2) is 4.98 Å². The molecule has 0 radical (unpaired) electrons. The Morgan fingerprint density at radius 3 is 2.71 bits per heavy atom. The molecule has 1 fully saturated rings. The summed E-state index contributed by atoms with van der Waals surface area (Å²) in [6, 6.07) is 5.71. The minimum atomic E-state index is -4.44. The number of benzene rings is 1. The number of alkyl halides is 3. The minimum Gasteiger partial charge on any atom is -0.463 e. The van der Waals surface area contributed by atoms with E-state index in [2.05, 4.69) is 32.1 Å². The van der Waals surface area contributed by atoms with Crippen LogP contribution in [0.4, 0.5) is 19.0 Å². The number of halogens is 3. The average molecular weight is 479 g/mol. The van der Waals surface area contributed by atoms with E-state index < -0.39 is 11.7 Å². The van der Waals surface area contributed by atoms with Gasteiger partial charge in [-0.1, -0.05) is 31.5 Å². The zero-order valence-corrected chi connectivity index (χ0v) is 19.1. The molecule has 2 aromatic heterocycles. The molecule has 1 aliphatic rings. The normalized spacial score (nSPS) is 15.1. The van der Waals surface area contributed by atoms with Gasteiger partial charge in [-0.3, -0.25) is 4.90 Å². The van der Waals surface area contributed by atoms with Crippen LogP contribution < -0.4 is 10.1 Å². The zero-order valence-electron chi connectivity index (χ0n) is 19.1. The number of hydrogen-bond donors (Lipinski definition) is 1. The van der Waals surface area contributed by atoms with Crippen LogP contribution in [0.5, 0.6) is 6.01 Å². The summed E-state index contributed by atoms with van der Waals surface area (Å²) in [6.07, 6.45) is -1.14. The van der Waals surface area contributed by atoms with Gasteiger partial charge in [-0.2, -0.15) is 23.1 Å². The maximum Gasteiger partial charge on any atom is 0.416 e. The number of aromatic nitrogens is 4. The van der Waals surface area contributed by atoms with Crippen molar-refractivity contribution >= 4 is 17.0 Å². The second-order valence-electron chi connectivity index (χ2n) is 8.14. The van der Waals surface area contributed by atoms with Gasteiger partial charge in [0.05, 0.1) is 38.3 Å². The maximum atomic E-state index is 13.5. The highest BCUT2D eigenvalue weighted by molar-refractivity contribution is 5.83. The summed E-state index contributed by atoms with van der Waals surface area (Å²) in [5.74, 6) is 0.507. The smallest absolute Gasteiger partial charge is 0.416 e. The molecule has 11 heteroatoms. The molecule has 34 heavy (non-hydrogen) atoms. The molecule has 1 aliphatic heterocycles. The molecule has 0 atom stereocenters. The Labute approximate surface area is 196 Å². The second-order valence-corrected chi connectivity index (χ2v) is 8.14. The largest absolute Gasteiger partial charge is 0.463 e. The van der Waals surface area contributed by atoms with Crippen LogP contribution in [0, 0.1) is 0 Å². The lowest BCUT2D eigenvalue weighted by Crippen LogP contribution is -2.39. The third kappa shape index (κ3) is 5.95. The SMILES string of the molecule is CCCCOc1nc(NCCN2CCOCC2)c2ncn(Cc3ccccc3C(F)(F)F)c2n1. The van der Waals surface area contributed by atoms with E-state index in [1.54, 1.807) is 10.6 Å². The Bertz CT molecular complexity index is 1080. The van der Waals surface area contributed by atoms with Crippen molar-refractivity contribution in [3.05, 3.63) is 41.7 Å². The summed E-state index contributed by atoms with van der Waals surface area (Å²) in [6.45, 7) is 7.11. The van der Waals surface area contributed by atoms with Crippen molar-refractivity contribution in [3.8, 4) is 6.01 Å². The predicted molar refractivity (Wildman–Crippen MR) is 122 cm³/mol. The van der Waals surface area contributed by atoms with Gasteiger partial charge in [0.2, 0.25) is 0 Å². The molecule has 0 aliphatic carbocycles. The second kappa shape index (κ2) is 11.0. The third-order valence-electron chi connectivity index (χ3n) is 5.66. The first-order valence-corrected chi connectivity index (χ1v) is 11.5. The molecule has 0 unspecified atom stereocenters. The van der Waals surface area contributed by atoms with Crippen molar-refractivity contribution in [2.45, 2.75) is 32.5 Å². The Morgan fingerprint density at radius 2 is 1.94 bits per heavy atom. The molecule has 8 nitrogen and oxygen atoms in total. The van der Waals surface area contributed by atoms with Crippen LogP contribution >= 0.6 is 0 Å². The van der Waals surface area contributed by atoms with Crippen LogP contribution in [-0.2, 0) is 17.5 Å². The third-order valence-corrected chi connectivity index (χ3v) is 5.66. The predicted octanol–water partition coefficient (Wildman–Crippen LogP) is 3.82. The average Bonchev–Trinajstić information content (AvgIpc) is 3.22. The monoisotopic (exact) mass is 478 g/mol. The van der Waals surface area contributed by atoms with Crippen molar-refractivity contribution < 1.29 is 22.6 Å². The molecule has 0 bridgehead atoms. The Balaban J connectivity index is 1.59. The number of ether oxygens (including phenoxy) is 2. The number of anilines is 1. The van der Waals surface area contributed by atoms with Gasteiger partial charge in [0.25, 0.3) is 0 Å². The van der Waals surface area contributed by atoms with E-state index in [0.29, 0.717) is 30.1 Å². The Morgan fingerprint density at radius 1 is 1.15 bits per heavy atom. The van der Waals surface area contributed by atoms with Gasteiger partial charge in [0.15, 0.2) is 17.0 Å². The van der Waals surface area contributed by atoms with E-state index in [0.717, 1.165) is 51.8 Å². The lowest BCUT2D eigenvalue weighted by molar-refractivity contribution is -0.138. The van der Waals surface area contributed by atoms with E-state index in [1.165, 1.54) is 18.5 Å². The first-order chi connectivity index (χ1) is 16.5. The van der Waals surface area contributed by atoms with Crippen LogP contribution in [0.15, 0.2) is 30.6 Å². The summed E-state index contributed by atoms with van der Waals surface area (Å²) in [4.78, 5) is 15.7. The molecular weight excluding hydrogens is 449 g/mol. The first kappa shape index (κ1) is 24.2. The molecule has 4 rings (SSSR count). The molecule has 0 saturated carbocycles. The van der Waals surface area contributed by atoms with Crippen molar-refractivity contribution in [2.75, 3.05) is 51.3 Å². The van der Waals surface area contributed by atoms with E-state index in [-0.39, 0.29) is 18.1 Å². The van der Waals surface area contributed by atoms with E-state index in [4.69, 9.17) is 9.47 Å². The van der Waals surface area contributed by atoms with Crippen LogP contribution in [0.3, 0.4) is 0 Å². The van der Waals surface area contributed by atoms with Crippen LogP contribution in [-0.4, -0.2) is 70.4 Å². The van der Waals surface area contributed by atoms with Crippen molar-refractivity contribution in [2.24, 2.45) is 0 Å². The quantitative estimate of drug-likeness (QED) is 0.444. The molecule has 184 valence electrons. The van der Waals surface area contributed by atoms with Crippen LogP contribution in [0.1, 0.15) is 30.9 Å². The van der Waals surface area contributed by atoms with Gasteiger partial charge < -0.3 is 19.4 Å². The molecule has 1 saturated heterocycles. The lowest BCUT2D eigenvalue weighted by atomic mass is 10.1. The summed E-state index contributed by atoms with van der Waals surface area (Å²) in [5, 5.41) is 3.31. The van der Waals surface area contributed by atoms with Gasteiger partial charge in [0.1, 0.15) is 0 Å². The van der Waals surface area contributed by atoms with Crippen molar-refractivity contribution in [1.29, 1.82) is 0 Å². The number of morpholine rings is 1. The molecule has 0 amide bonds. The standard InChI is InChI=1S/C23H29F3N6O2/c1-2-3-12-34-22-29-20(27-8-9-31-10-13-33-14-11-31)19-21(30-22)32(16-28-19)15-17-6-4-5-7-18(17)23(24,25)26/h4-7,16H,2-3,8-15H2,1H3,(H,27,29,30). The molecule has 1 N–H and O–H groups in total.